The first-order valence-electron chi connectivity index (χ1n) is 12.0. The third-order valence-corrected chi connectivity index (χ3v) is 8.45. The van der Waals surface area contributed by atoms with Gasteiger partial charge >= 0.3 is 0 Å². The summed E-state index contributed by atoms with van der Waals surface area (Å²) in [5.74, 6) is 0.108. The average Bonchev–Trinajstić information content (AvgIpc) is 3.73. The SMILES string of the molecule is O=C(C1CC1)N1CC(CN2C(=O)C3(CC3)N=C2c2ccc(-c3nc4ccc(F)cc4s3)cc2F)C1. The number of hydrogen-bond donors (Lipinski definition) is 0. The Kier molecular flexibility index (Phi) is 4.46. The number of fused-ring (bicyclic) bond motifs is 1. The number of carbonyl (C=O) groups is 2. The van der Waals surface area contributed by atoms with Crippen LogP contribution in [-0.2, 0) is 9.59 Å². The Bertz CT molecular complexity index is 1440. The van der Waals surface area contributed by atoms with Crippen LogP contribution in [0.5, 0.6) is 0 Å². The topological polar surface area (TPSA) is 65.9 Å². The number of carbonyl (C=O) groups excluding carboxylic acids is 2. The molecular formula is C26H22F2N4O2S. The van der Waals surface area contributed by atoms with Crippen molar-refractivity contribution in [3.05, 3.63) is 53.6 Å². The Hall–Kier alpha value is -3.20. The van der Waals surface area contributed by atoms with Gasteiger partial charge in [0.2, 0.25) is 5.91 Å². The number of thiazole rings is 1. The van der Waals surface area contributed by atoms with Crippen LogP contribution in [0.15, 0.2) is 41.4 Å². The van der Waals surface area contributed by atoms with Crippen molar-refractivity contribution in [3.8, 4) is 10.6 Å². The van der Waals surface area contributed by atoms with E-state index in [0.29, 0.717) is 64.7 Å². The van der Waals surface area contributed by atoms with E-state index in [0.717, 1.165) is 12.8 Å². The summed E-state index contributed by atoms with van der Waals surface area (Å²) in [7, 11) is 0. The molecule has 9 heteroatoms. The van der Waals surface area contributed by atoms with E-state index in [9.17, 15) is 14.0 Å². The van der Waals surface area contributed by atoms with Crippen LogP contribution in [0.25, 0.3) is 20.8 Å². The number of benzene rings is 2. The molecule has 1 saturated heterocycles. The van der Waals surface area contributed by atoms with Gasteiger partial charge in [-0.05, 0) is 56.0 Å². The van der Waals surface area contributed by atoms with Crippen LogP contribution in [0.4, 0.5) is 8.78 Å². The first kappa shape index (κ1) is 21.1. The van der Waals surface area contributed by atoms with Gasteiger partial charge in [-0.3, -0.25) is 19.5 Å². The van der Waals surface area contributed by atoms with Gasteiger partial charge < -0.3 is 4.90 Å². The third-order valence-electron chi connectivity index (χ3n) is 7.39. The van der Waals surface area contributed by atoms with E-state index in [4.69, 9.17) is 4.99 Å². The van der Waals surface area contributed by atoms with Crippen LogP contribution in [0, 0.1) is 23.5 Å². The highest BCUT2D eigenvalue weighted by Crippen LogP contribution is 2.46. The summed E-state index contributed by atoms with van der Waals surface area (Å²) in [5, 5.41) is 0.603. The fraction of sp³-hybridized carbons (Fsp3) is 0.385. The maximum absolute atomic E-state index is 15.4. The molecular weight excluding hydrogens is 470 g/mol. The van der Waals surface area contributed by atoms with Crippen molar-refractivity contribution in [2.75, 3.05) is 19.6 Å². The molecule has 2 aromatic carbocycles. The zero-order chi connectivity index (χ0) is 23.9. The van der Waals surface area contributed by atoms with E-state index >= 15 is 4.39 Å². The molecule has 3 aromatic rings. The highest BCUT2D eigenvalue weighted by atomic mass is 32.1. The van der Waals surface area contributed by atoms with Crippen molar-refractivity contribution < 1.29 is 18.4 Å². The maximum Gasteiger partial charge on any atom is 0.256 e. The van der Waals surface area contributed by atoms with Crippen molar-refractivity contribution in [2.24, 2.45) is 16.8 Å². The second-order valence-corrected chi connectivity index (χ2v) is 11.1. The van der Waals surface area contributed by atoms with Gasteiger partial charge in [0.25, 0.3) is 5.91 Å². The lowest BCUT2D eigenvalue weighted by Crippen LogP contribution is -2.55. The van der Waals surface area contributed by atoms with E-state index in [1.165, 1.54) is 29.5 Å². The molecule has 0 N–H and O–H groups in total. The van der Waals surface area contributed by atoms with E-state index in [2.05, 4.69) is 4.98 Å². The third kappa shape index (κ3) is 3.47. The molecule has 0 bridgehead atoms. The second-order valence-electron chi connectivity index (χ2n) is 10.1. The maximum atomic E-state index is 15.4. The molecule has 3 heterocycles. The van der Waals surface area contributed by atoms with Crippen LogP contribution in [0.2, 0.25) is 0 Å². The zero-order valence-corrected chi connectivity index (χ0v) is 19.7. The highest BCUT2D eigenvalue weighted by Gasteiger charge is 2.58. The molecule has 2 saturated carbocycles. The van der Waals surface area contributed by atoms with Gasteiger partial charge in [0.15, 0.2) is 0 Å². The van der Waals surface area contributed by atoms with Crippen molar-refractivity contribution in [1.82, 2.24) is 14.8 Å². The van der Waals surface area contributed by atoms with E-state index in [-0.39, 0.29) is 29.5 Å². The number of rotatable bonds is 5. The molecule has 0 atom stereocenters. The molecule has 0 unspecified atom stereocenters. The number of amides is 2. The van der Waals surface area contributed by atoms with Crippen molar-refractivity contribution in [2.45, 2.75) is 31.2 Å². The lowest BCUT2D eigenvalue weighted by molar-refractivity contribution is -0.139. The zero-order valence-electron chi connectivity index (χ0n) is 18.8. The Morgan fingerprint density at radius 2 is 1.91 bits per heavy atom. The second kappa shape index (κ2) is 7.40. The number of aliphatic imine (C=N–C) groups is 1. The molecule has 1 spiro atoms. The largest absolute Gasteiger partial charge is 0.342 e. The summed E-state index contributed by atoms with van der Waals surface area (Å²) in [6.45, 7) is 1.72. The van der Waals surface area contributed by atoms with Gasteiger partial charge in [-0.15, -0.1) is 11.3 Å². The van der Waals surface area contributed by atoms with Gasteiger partial charge in [0, 0.05) is 37.0 Å². The van der Waals surface area contributed by atoms with Gasteiger partial charge in [-0.2, -0.15) is 0 Å². The molecule has 0 radical (unpaired) electrons. The molecule has 178 valence electrons. The average molecular weight is 493 g/mol. The molecule has 1 aromatic heterocycles. The van der Waals surface area contributed by atoms with Crippen LogP contribution in [0.3, 0.4) is 0 Å². The summed E-state index contributed by atoms with van der Waals surface area (Å²) in [5.41, 5.74) is 0.824. The monoisotopic (exact) mass is 492 g/mol. The van der Waals surface area contributed by atoms with Crippen molar-refractivity contribution in [3.63, 3.8) is 0 Å². The van der Waals surface area contributed by atoms with Gasteiger partial charge in [-0.1, -0.05) is 6.07 Å². The Morgan fingerprint density at radius 3 is 2.63 bits per heavy atom. The summed E-state index contributed by atoms with van der Waals surface area (Å²) < 4.78 is 29.7. The minimum atomic E-state index is -0.731. The Morgan fingerprint density at radius 1 is 1.11 bits per heavy atom. The summed E-state index contributed by atoms with van der Waals surface area (Å²) in [6, 6.07) is 9.23. The van der Waals surface area contributed by atoms with Gasteiger partial charge in [0.1, 0.15) is 28.0 Å². The van der Waals surface area contributed by atoms with Crippen LogP contribution >= 0.6 is 11.3 Å². The number of halogens is 2. The molecule has 7 rings (SSSR count). The fourth-order valence-electron chi connectivity index (χ4n) is 5.04. The molecule has 2 amide bonds. The minimum Gasteiger partial charge on any atom is -0.342 e. The number of nitrogens with zero attached hydrogens (tertiary/aromatic N) is 4. The summed E-state index contributed by atoms with van der Waals surface area (Å²) >= 11 is 1.31. The highest BCUT2D eigenvalue weighted by molar-refractivity contribution is 7.21. The minimum absolute atomic E-state index is 0.0591. The smallest absolute Gasteiger partial charge is 0.256 e. The number of likely N-dealkylation sites (tertiary alicyclic amines) is 1. The number of aromatic nitrogens is 1. The standard InChI is InChI=1S/C26H22F2N4O2S/c27-17-4-6-20-21(10-17)35-23(29-20)16-3-5-18(19(28)9-16)22-30-26(7-8-26)25(34)32(22)13-14-11-31(12-14)24(33)15-1-2-15/h3-6,9-10,14-15H,1-2,7-8,11-13H2. The normalized spacial score (nSPS) is 21.1. The lowest BCUT2D eigenvalue weighted by atomic mass is 9.98. The predicted molar refractivity (Wildman–Crippen MR) is 128 cm³/mol. The van der Waals surface area contributed by atoms with Crippen LogP contribution in [0.1, 0.15) is 31.2 Å². The van der Waals surface area contributed by atoms with Crippen LogP contribution < -0.4 is 0 Å². The van der Waals surface area contributed by atoms with E-state index < -0.39 is 11.4 Å². The lowest BCUT2D eigenvalue weighted by Gasteiger charge is -2.41. The molecule has 2 aliphatic heterocycles. The van der Waals surface area contributed by atoms with Gasteiger partial charge in [-0.25, -0.2) is 13.8 Å². The van der Waals surface area contributed by atoms with Gasteiger partial charge in [0.05, 0.1) is 15.8 Å². The predicted octanol–water partition coefficient (Wildman–Crippen LogP) is 4.23. The molecule has 35 heavy (non-hydrogen) atoms. The molecule has 6 nitrogen and oxygen atoms in total. The Labute approximate surface area is 204 Å². The Balaban J connectivity index is 1.14. The number of amidine groups is 1. The molecule has 2 aliphatic carbocycles. The quantitative estimate of drug-likeness (QED) is 0.536. The van der Waals surface area contributed by atoms with Crippen molar-refractivity contribution >= 4 is 39.2 Å². The first-order chi connectivity index (χ1) is 16.9. The summed E-state index contributed by atoms with van der Waals surface area (Å²) in [6.07, 6.45) is 3.33. The van der Waals surface area contributed by atoms with Crippen LogP contribution in [-0.4, -0.2) is 57.6 Å². The first-order valence-corrected chi connectivity index (χ1v) is 12.8. The summed E-state index contributed by atoms with van der Waals surface area (Å²) in [4.78, 5) is 38.1. The fourth-order valence-corrected chi connectivity index (χ4v) is 6.03. The van der Waals surface area contributed by atoms with Crippen molar-refractivity contribution in [1.29, 1.82) is 0 Å². The molecule has 4 aliphatic rings. The van der Waals surface area contributed by atoms with E-state index in [1.54, 1.807) is 23.1 Å². The molecule has 3 fully saturated rings. The number of hydrogen-bond acceptors (Lipinski definition) is 5. The van der Waals surface area contributed by atoms with E-state index in [1.807, 2.05) is 4.90 Å².